The average Bonchev–Trinajstić information content (AvgIpc) is 3.14. The number of benzene rings is 1. The van der Waals surface area contributed by atoms with E-state index in [2.05, 4.69) is 0 Å². The normalized spacial score (nSPS) is 16.1. The summed E-state index contributed by atoms with van der Waals surface area (Å²) in [6, 6.07) is 9.63. The molecule has 1 aromatic carbocycles. The lowest BCUT2D eigenvalue weighted by Gasteiger charge is -2.28. The fraction of sp³-hybridized carbons (Fsp3) is 0.412. The van der Waals surface area contributed by atoms with E-state index in [4.69, 9.17) is 4.42 Å². The molecule has 1 aromatic heterocycles. The summed E-state index contributed by atoms with van der Waals surface area (Å²) < 4.78 is 5.88. The van der Waals surface area contributed by atoms with Gasteiger partial charge in [-0.25, -0.2) is 0 Å². The van der Waals surface area contributed by atoms with Crippen molar-refractivity contribution in [2.45, 2.75) is 19.9 Å². The topological polar surface area (TPSA) is 53.8 Å². The van der Waals surface area contributed by atoms with Crippen molar-refractivity contribution >= 4 is 34.5 Å². The second-order valence-corrected chi connectivity index (χ2v) is 6.57. The van der Waals surface area contributed by atoms with Crippen LogP contribution in [0.1, 0.15) is 25.6 Å². The van der Waals surface area contributed by atoms with Crippen molar-refractivity contribution in [1.82, 2.24) is 9.80 Å². The summed E-state index contributed by atoms with van der Waals surface area (Å²) in [5.74, 6) is 1.83. The monoisotopic (exact) mass is 332 g/mol. The molecule has 0 spiro atoms. The number of rotatable bonds is 5. The second-order valence-electron chi connectivity index (χ2n) is 5.61. The van der Waals surface area contributed by atoms with E-state index in [-0.39, 0.29) is 24.4 Å². The van der Waals surface area contributed by atoms with Crippen molar-refractivity contribution in [3.63, 3.8) is 0 Å². The molecule has 0 saturated carbocycles. The zero-order valence-corrected chi connectivity index (χ0v) is 14.1. The molecule has 0 radical (unpaired) electrons. The van der Waals surface area contributed by atoms with Gasteiger partial charge < -0.3 is 14.2 Å². The molecule has 0 N–H and O–H groups in total. The molecule has 0 unspecified atom stereocenters. The summed E-state index contributed by atoms with van der Waals surface area (Å²) in [5, 5.41) is 1.03. The van der Waals surface area contributed by atoms with Crippen LogP contribution < -0.4 is 0 Å². The van der Waals surface area contributed by atoms with Crippen LogP contribution >= 0.6 is 11.8 Å². The predicted octanol–water partition coefficient (Wildman–Crippen LogP) is 2.88. The van der Waals surface area contributed by atoms with Crippen molar-refractivity contribution in [3.8, 4) is 0 Å². The van der Waals surface area contributed by atoms with Crippen LogP contribution in [0.4, 0.5) is 0 Å². The van der Waals surface area contributed by atoms with Crippen LogP contribution in [0.3, 0.4) is 0 Å². The van der Waals surface area contributed by atoms with Crippen LogP contribution in [-0.4, -0.2) is 46.3 Å². The van der Waals surface area contributed by atoms with Crippen molar-refractivity contribution in [2.75, 3.05) is 24.7 Å². The van der Waals surface area contributed by atoms with E-state index in [1.54, 1.807) is 21.6 Å². The minimum Gasteiger partial charge on any atom is -0.459 e. The maximum Gasteiger partial charge on any atom is 0.242 e. The van der Waals surface area contributed by atoms with E-state index in [1.807, 2.05) is 44.2 Å². The molecule has 1 aliphatic heterocycles. The molecule has 122 valence electrons. The van der Waals surface area contributed by atoms with Gasteiger partial charge in [0.15, 0.2) is 0 Å². The summed E-state index contributed by atoms with van der Waals surface area (Å²) in [5.41, 5.74) is 0.823. The van der Waals surface area contributed by atoms with Crippen molar-refractivity contribution in [3.05, 3.63) is 36.1 Å². The van der Waals surface area contributed by atoms with Gasteiger partial charge in [-0.2, -0.15) is 0 Å². The Morgan fingerprint density at radius 2 is 2.22 bits per heavy atom. The lowest BCUT2D eigenvalue weighted by molar-refractivity contribution is -0.139. The smallest absolute Gasteiger partial charge is 0.242 e. The minimum absolute atomic E-state index is 0.0378. The highest BCUT2D eigenvalue weighted by Gasteiger charge is 2.28. The van der Waals surface area contributed by atoms with Crippen LogP contribution in [0.2, 0.25) is 0 Å². The molecular weight excluding hydrogens is 312 g/mol. The number of furan rings is 1. The molecule has 2 heterocycles. The molecule has 23 heavy (non-hydrogen) atoms. The van der Waals surface area contributed by atoms with E-state index in [1.165, 1.54) is 0 Å². The van der Waals surface area contributed by atoms with Gasteiger partial charge in [0.05, 0.1) is 17.7 Å². The van der Waals surface area contributed by atoms with Crippen LogP contribution in [0.25, 0.3) is 11.0 Å². The Bertz CT molecular complexity index is 694. The summed E-state index contributed by atoms with van der Waals surface area (Å²) >= 11 is 1.55. The number of carbonyl (C=O) groups is 2. The summed E-state index contributed by atoms with van der Waals surface area (Å²) in [4.78, 5) is 27.7. The Kier molecular flexibility index (Phi) is 4.61. The number of likely N-dealkylation sites (N-methyl/N-ethyl adjacent to an activating group) is 1. The molecule has 3 rings (SSSR count). The fourth-order valence-corrected chi connectivity index (χ4v) is 3.73. The maximum absolute atomic E-state index is 12.6. The number of hydrogen-bond donors (Lipinski definition) is 0. The van der Waals surface area contributed by atoms with Gasteiger partial charge in [0, 0.05) is 11.9 Å². The Hall–Kier alpha value is -1.95. The van der Waals surface area contributed by atoms with Crippen LogP contribution in [-0.2, 0) is 9.59 Å². The molecule has 0 aliphatic carbocycles. The number of thioether (sulfide) groups is 1. The fourth-order valence-electron chi connectivity index (χ4n) is 2.82. The lowest BCUT2D eigenvalue weighted by Crippen LogP contribution is -2.42. The van der Waals surface area contributed by atoms with Gasteiger partial charge in [0.2, 0.25) is 11.8 Å². The number of fused-ring (bicyclic) bond motifs is 1. The molecule has 1 fully saturated rings. The Morgan fingerprint density at radius 3 is 2.87 bits per heavy atom. The van der Waals surface area contributed by atoms with Crippen molar-refractivity contribution in [2.24, 2.45) is 0 Å². The minimum atomic E-state index is -0.162. The number of amides is 2. The van der Waals surface area contributed by atoms with E-state index in [0.29, 0.717) is 18.2 Å². The highest BCUT2D eigenvalue weighted by atomic mass is 32.2. The first-order chi connectivity index (χ1) is 11.1. The molecule has 2 aromatic rings. The third-order valence-corrected chi connectivity index (χ3v) is 5.08. The Morgan fingerprint density at radius 1 is 1.43 bits per heavy atom. The molecule has 6 heteroatoms. The second kappa shape index (κ2) is 6.66. The first-order valence-electron chi connectivity index (χ1n) is 7.73. The Balaban J connectivity index is 1.76. The van der Waals surface area contributed by atoms with Gasteiger partial charge in [0.25, 0.3) is 0 Å². The van der Waals surface area contributed by atoms with Gasteiger partial charge in [-0.15, -0.1) is 11.8 Å². The third kappa shape index (κ3) is 3.22. The summed E-state index contributed by atoms with van der Waals surface area (Å²) in [6.45, 7) is 4.62. The number of nitrogens with zero attached hydrogens (tertiary/aromatic N) is 2. The standard InChI is InChI=1S/C17H20N2O3S/c1-3-19(16(20)9-18-11-23-10-17(18)21)12(2)15-8-13-6-4-5-7-14(13)22-15/h4-8,12H,3,9-11H2,1-2H3/t12-/m1/s1. The van der Waals surface area contributed by atoms with Gasteiger partial charge in [0.1, 0.15) is 17.9 Å². The quantitative estimate of drug-likeness (QED) is 0.845. The zero-order valence-electron chi connectivity index (χ0n) is 13.3. The van der Waals surface area contributed by atoms with Crippen LogP contribution in [0.5, 0.6) is 0 Å². The maximum atomic E-state index is 12.6. The van der Waals surface area contributed by atoms with Gasteiger partial charge in [-0.3, -0.25) is 9.59 Å². The van der Waals surface area contributed by atoms with Crippen molar-refractivity contribution < 1.29 is 14.0 Å². The van der Waals surface area contributed by atoms with Gasteiger partial charge in [-0.1, -0.05) is 18.2 Å². The molecule has 5 nitrogen and oxygen atoms in total. The highest BCUT2D eigenvalue weighted by Crippen LogP contribution is 2.27. The van der Waals surface area contributed by atoms with Gasteiger partial charge in [-0.05, 0) is 26.0 Å². The van der Waals surface area contributed by atoms with E-state index < -0.39 is 0 Å². The SMILES string of the molecule is CCN(C(=O)CN1CSCC1=O)[C@H](C)c1cc2ccccc2o1. The summed E-state index contributed by atoms with van der Waals surface area (Å²) in [6.07, 6.45) is 0. The molecule has 1 aliphatic rings. The van der Waals surface area contributed by atoms with E-state index in [0.717, 1.165) is 16.7 Å². The lowest BCUT2D eigenvalue weighted by atomic mass is 10.2. The third-order valence-electron chi connectivity index (χ3n) is 4.14. The molecule has 1 saturated heterocycles. The predicted molar refractivity (Wildman–Crippen MR) is 91.1 cm³/mol. The zero-order chi connectivity index (χ0) is 16.4. The van der Waals surface area contributed by atoms with Crippen LogP contribution in [0, 0.1) is 0 Å². The van der Waals surface area contributed by atoms with E-state index >= 15 is 0 Å². The number of hydrogen-bond acceptors (Lipinski definition) is 4. The van der Waals surface area contributed by atoms with Gasteiger partial charge >= 0.3 is 0 Å². The molecule has 0 bridgehead atoms. The highest BCUT2D eigenvalue weighted by molar-refractivity contribution is 8.00. The first-order valence-corrected chi connectivity index (χ1v) is 8.89. The molecule has 1 atom stereocenters. The average molecular weight is 332 g/mol. The molecule has 2 amide bonds. The van der Waals surface area contributed by atoms with Crippen molar-refractivity contribution in [1.29, 1.82) is 0 Å². The molecular formula is C17H20N2O3S. The summed E-state index contributed by atoms with van der Waals surface area (Å²) in [7, 11) is 0. The Labute approximate surface area is 139 Å². The number of carbonyl (C=O) groups excluding carboxylic acids is 2. The van der Waals surface area contributed by atoms with E-state index in [9.17, 15) is 9.59 Å². The first kappa shape index (κ1) is 15.9. The largest absolute Gasteiger partial charge is 0.459 e. The number of para-hydroxylation sites is 1. The van der Waals surface area contributed by atoms with Crippen LogP contribution in [0.15, 0.2) is 34.7 Å².